The number of ether oxygens (including phenoxy) is 1. The Morgan fingerprint density at radius 1 is 1.03 bits per heavy atom. The van der Waals surface area contributed by atoms with Gasteiger partial charge in [0.1, 0.15) is 11.6 Å². The van der Waals surface area contributed by atoms with Crippen molar-refractivity contribution in [3.8, 4) is 5.75 Å². The van der Waals surface area contributed by atoms with E-state index in [-0.39, 0.29) is 16.5 Å². The molecule has 1 fully saturated rings. The number of aryl methyl sites for hydroxylation is 1. The Kier molecular flexibility index (Phi) is 7.69. The Hall–Kier alpha value is -2.60. The van der Waals surface area contributed by atoms with Crippen LogP contribution in [0.3, 0.4) is 0 Å². The minimum Gasteiger partial charge on any atom is -0.493 e. The summed E-state index contributed by atoms with van der Waals surface area (Å²) in [5.74, 6) is -0.181. The molecule has 7 heteroatoms. The maximum absolute atomic E-state index is 14.1. The molecule has 0 aromatic heterocycles. The number of carbonyl (C=O) groups excluding carboxylic acids is 2. The molecule has 0 radical (unpaired) electrons. The molecule has 0 N–H and O–H groups in total. The quantitative estimate of drug-likeness (QED) is 0.639. The first kappa shape index (κ1) is 22.1. The van der Waals surface area contributed by atoms with Gasteiger partial charge in [-0.1, -0.05) is 35.9 Å². The zero-order valence-electron chi connectivity index (χ0n) is 17.1. The molecule has 1 saturated heterocycles. The predicted octanol–water partition coefficient (Wildman–Crippen LogP) is 4.32. The van der Waals surface area contributed by atoms with Gasteiger partial charge in [0.25, 0.3) is 5.91 Å². The summed E-state index contributed by atoms with van der Waals surface area (Å²) in [5.41, 5.74) is 0.961. The second-order valence-corrected chi connectivity index (χ2v) is 7.75. The van der Waals surface area contributed by atoms with Crippen molar-refractivity contribution in [2.24, 2.45) is 0 Å². The maximum atomic E-state index is 14.1. The van der Waals surface area contributed by atoms with E-state index in [4.69, 9.17) is 16.3 Å². The smallest absolute Gasteiger partial charge is 0.258 e. The van der Waals surface area contributed by atoms with Crippen LogP contribution in [0, 0.1) is 12.7 Å². The second kappa shape index (κ2) is 10.4. The lowest BCUT2D eigenvalue weighted by atomic mass is 10.1. The number of hydrogen-bond acceptors (Lipinski definition) is 3. The third-order valence-electron chi connectivity index (χ3n) is 5.20. The zero-order chi connectivity index (χ0) is 21.5. The molecule has 3 rings (SSSR count). The van der Waals surface area contributed by atoms with Crippen molar-refractivity contribution >= 4 is 23.4 Å². The molecule has 1 heterocycles. The van der Waals surface area contributed by atoms with Gasteiger partial charge in [0, 0.05) is 32.6 Å². The van der Waals surface area contributed by atoms with Gasteiger partial charge >= 0.3 is 0 Å². The Balaban J connectivity index is 1.48. The molecule has 0 bridgehead atoms. The highest BCUT2D eigenvalue weighted by atomic mass is 35.5. The number of halogens is 2. The molecule has 30 heavy (non-hydrogen) atoms. The molecule has 0 atom stereocenters. The molecular formula is C23H26ClFN2O3. The van der Waals surface area contributed by atoms with Crippen LogP contribution in [0.15, 0.2) is 42.5 Å². The summed E-state index contributed by atoms with van der Waals surface area (Å²) in [7, 11) is 0. The summed E-state index contributed by atoms with van der Waals surface area (Å²) in [6.07, 6.45) is 1.65. The largest absolute Gasteiger partial charge is 0.493 e. The predicted molar refractivity (Wildman–Crippen MR) is 114 cm³/mol. The van der Waals surface area contributed by atoms with Crippen LogP contribution < -0.4 is 4.74 Å². The molecule has 2 aromatic carbocycles. The topological polar surface area (TPSA) is 49.9 Å². The van der Waals surface area contributed by atoms with Gasteiger partial charge in [-0.3, -0.25) is 9.59 Å². The normalized spacial score (nSPS) is 14.4. The maximum Gasteiger partial charge on any atom is 0.258 e. The highest BCUT2D eigenvalue weighted by Gasteiger charge is 2.25. The minimum absolute atomic E-state index is 0.0432. The van der Waals surface area contributed by atoms with Gasteiger partial charge in [-0.15, -0.1) is 0 Å². The fourth-order valence-electron chi connectivity index (χ4n) is 3.51. The standard InChI is InChI=1S/C23H26ClFN2O3/c1-17-7-2-3-10-20(17)30-16-5-11-21(28)26-12-6-13-27(15-14-26)23(29)22-18(24)8-4-9-19(22)25/h2-4,7-10H,5-6,11-16H2,1H3. The van der Waals surface area contributed by atoms with Crippen molar-refractivity contribution < 1.29 is 18.7 Å². The third kappa shape index (κ3) is 5.51. The van der Waals surface area contributed by atoms with Gasteiger partial charge in [0.15, 0.2) is 0 Å². The highest BCUT2D eigenvalue weighted by Crippen LogP contribution is 2.22. The Morgan fingerprint density at radius 3 is 2.53 bits per heavy atom. The number of amides is 2. The number of hydrogen-bond donors (Lipinski definition) is 0. The van der Waals surface area contributed by atoms with Crippen LogP contribution in [0.4, 0.5) is 4.39 Å². The van der Waals surface area contributed by atoms with E-state index in [0.29, 0.717) is 52.0 Å². The summed E-state index contributed by atoms with van der Waals surface area (Å²) < 4.78 is 19.8. The summed E-state index contributed by atoms with van der Waals surface area (Å²) in [6.45, 7) is 4.28. The van der Waals surface area contributed by atoms with Crippen LogP contribution in [0.25, 0.3) is 0 Å². The van der Waals surface area contributed by atoms with E-state index in [1.54, 1.807) is 9.80 Å². The van der Waals surface area contributed by atoms with E-state index in [1.807, 2.05) is 31.2 Å². The zero-order valence-corrected chi connectivity index (χ0v) is 17.8. The highest BCUT2D eigenvalue weighted by molar-refractivity contribution is 6.33. The molecule has 2 aromatic rings. The lowest BCUT2D eigenvalue weighted by molar-refractivity contribution is -0.131. The van der Waals surface area contributed by atoms with Crippen molar-refractivity contribution in [1.82, 2.24) is 9.80 Å². The number of nitrogens with zero attached hydrogens (tertiary/aromatic N) is 2. The third-order valence-corrected chi connectivity index (χ3v) is 5.51. The summed E-state index contributed by atoms with van der Waals surface area (Å²) in [5, 5.41) is 0.103. The Labute approximate surface area is 181 Å². The van der Waals surface area contributed by atoms with Crippen molar-refractivity contribution in [2.75, 3.05) is 32.8 Å². The van der Waals surface area contributed by atoms with Gasteiger partial charge in [-0.25, -0.2) is 4.39 Å². The fraction of sp³-hybridized carbons (Fsp3) is 0.391. The average Bonchev–Trinajstić information content (AvgIpc) is 2.98. The molecule has 0 aliphatic carbocycles. The van der Waals surface area contributed by atoms with Crippen molar-refractivity contribution in [1.29, 1.82) is 0 Å². The van der Waals surface area contributed by atoms with Crippen LogP contribution in [0.1, 0.15) is 35.2 Å². The molecule has 2 amide bonds. The van der Waals surface area contributed by atoms with E-state index >= 15 is 0 Å². The SMILES string of the molecule is Cc1ccccc1OCCCC(=O)N1CCCN(C(=O)c2c(F)cccc2Cl)CC1. The molecule has 0 unspecified atom stereocenters. The van der Waals surface area contributed by atoms with Gasteiger partial charge < -0.3 is 14.5 Å². The fourth-order valence-corrected chi connectivity index (χ4v) is 3.76. The van der Waals surface area contributed by atoms with Crippen LogP contribution >= 0.6 is 11.6 Å². The van der Waals surface area contributed by atoms with E-state index in [1.165, 1.54) is 18.2 Å². The number of benzene rings is 2. The van der Waals surface area contributed by atoms with E-state index in [9.17, 15) is 14.0 Å². The Bertz CT molecular complexity index is 886. The first-order chi connectivity index (χ1) is 14.5. The first-order valence-corrected chi connectivity index (χ1v) is 10.5. The lowest BCUT2D eigenvalue weighted by Crippen LogP contribution is -2.37. The molecule has 5 nitrogen and oxygen atoms in total. The average molecular weight is 433 g/mol. The first-order valence-electron chi connectivity index (χ1n) is 10.2. The lowest BCUT2D eigenvalue weighted by Gasteiger charge is -2.23. The summed E-state index contributed by atoms with van der Waals surface area (Å²) >= 11 is 6.02. The van der Waals surface area contributed by atoms with Gasteiger partial charge in [0.2, 0.25) is 5.91 Å². The van der Waals surface area contributed by atoms with E-state index < -0.39 is 11.7 Å². The molecule has 1 aliphatic rings. The van der Waals surface area contributed by atoms with E-state index in [0.717, 1.165) is 11.3 Å². The van der Waals surface area contributed by atoms with Crippen LogP contribution in [0.2, 0.25) is 5.02 Å². The second-order valence-electron chi connectivity index (χ2n) is 7.34. The van der Waals surface area contributed by atoms with E-state index in [2.05, 4.69) is 0 Å². The monoisotopic (exact) mass is 432 g/mol. The minimum atomic E-state index is -0.627. The van der Waals surface area contributed by atoms with Crippen molar-refractivity contribution in [2.45, 2.75) is 26.2 Å². The Morgan fingerprint density at radius 2 is 1.77 bits per heavy atom. The molecule has 0 spiro atoms. The summed E-state index contributed by atoms with van der Waals surface area (Å²) in [6, 6.07) is 12.0. The number of para-hydroxylation sites is 1. The van der Waals surface area contributed by atoms with Gasteiger partial charge in [0.05, 0.1) is 17.2 Å². The van der Waals surface area contributed by atoms with Gasteiger partial charge in [-0.2, -0.15) is 0 Å². The van der Waals surface area contributed by atoms with Gasteiger partial charge in [-0.05, 0) is 43.5 Å². The van der Waals surface area contributed by atoms with Crippen LogP contribution in [0.5, 0.6) is 5.75 Å². The van der Waals surface area contributed by atoms with Crippen molar-refractivity contribution in [3.05, 3.63) is 64.4 Å². The number of carbonyl (C=O) groups is 2. The molecule has 1 aliphatic heterocycles. The molecule has 0 saturated carbocycles. The summed E-state index contributed by atoms with van der Waals surface area (Å²) in [4.78, 5) is 28.6. The van der Waals surface area contributed by atoms with Crippen LogP contribution in [-0.4, -0.2) is 54.4 Å². The van der Waals surface area contributed by atoms with Crippen LogP contribution in [-0.2, 0) is 4.79 Å². The number of rotatable bonds is 6. The van der Waals surface area contributed by atoms with Crippen molar-refractivity contribution in [3.63, 3.8) is 0 Å². The molecular weight excluding hydrogens is 407 g/mol. The molecule has 160 valence electrons.